The van der Waals surface area contributed by atoms with E-state index >= 15 is 0 Å². The Labute approximate surface area is 109 Å². The number of carbonyl (C=O) groups excluding carboxylic acids is 1. The fraction of sp³-hybridized carbons (Fsp3) is 0.917. The Balaban J connectivity index is 2.39. The number of alkyl halides is 1. The number of amides is 1. The summed E-state index contributed by atoms with van der Waals surface area (Å²) in [5.74, 6) is 0.664. The zero-order chi connectivity index (χ0) is 12.8. The molecule has 1 aliphatic rings. The second-order valence-corrected chi connectivity index (χ2v) is 5.10. The second-order valence-electron chi connectivity index (χ2n) is 4.72. The fourth-order valence-corrected chi connectivity index (χ4v) is 2.26. The lowest BCUT2D eigenvalue weighted by atomic mass is 10.1. The molecule has 0 aromatic carbocycles. The molecule has 3 atom stereocenters. The van der Waals surface area contributed by atoms with E-state index < -0.39 is 0 Å². The summed E-state index contributed by atoms with van der Waals surface area (Å²) in [5, 5.41) is 2.90. The van der Waals surface area contributed by atoms with Crippen LogP contribution < -0.4 is 5.32 Å². The van der Waals surface area contributed by atoms with Gasteiger partial charge in [-0.25, -0.2) is 0 Å². The van der Waals surface area contributed by atoms with E-state index in [1.807, 2.05) is 20.8 Å². The summed E-state index contributed by atoms with van der Waals surface area (Å²) in [4.78, 5) is 14.1. The monoisotopic (exact) mass is 262 g/mol. The molecule has 1 saturated heterocycles. The average molecular weight is 263 g/mol. The van der Waals surface area contributed by atoms with Crippen LogP contribution in [0.25, 0.3) is 0 Å². The summed E-state index contributed by atoms with van der Waals surface area (Å²) >= 11 is 5.57. The highest BCUT2D eigenvalue weighted by Gasteiger charge is 2.28. The van der Waals surface area contributed by atoms with E-state index in [4.69, 9.17) is 16.3 Å². The van der Waals surface area contributed by atoms with E-state index in [9.17, 15) is 4.79 Å². The fourth-order valence-electron chi connectivity index (χ4n) is 2.13. The van der Waals surface area contributed by atoms with E-state index in [2.05, 4.69) is 10.2 Å². The van der Waals surface area contributed by atoms with E-state index in [1.54, 1.807) is 0 Å². The summed E-state index contributed by atoms with van der Waals surface area (Å²) in [6.45, 7) is 8.31. The van der Waals surface area contributed by atoms with Crippen LogP contribution in [-0.2, 0) is 9.53 Å². The normalized spacial score (nSPS) is 27.8. The molecule has 1 heterocycles. The van der Waals surface area contributed by atoms with E-state index in [1.165, 1.54) is 0 Å². The number of hydrogen-bond acceptors (Lipinski definition) is 3. The summed E-state index contributed by atoms with van der Waals surface area (Å²) in [6, 6.07) is -0.0980. The molecule has 5 heteroatoms. The van der Waals surface area contributed by atoms with E-state index in [-0.39, 0.29) is 24.2 Å². The lowest BCUT2D eigenvalue weighted by molar-refractivity contribution is -0.131. The van der Waals surface area contributed by atoms with Crippen molar-refractivity contribution in [3.8, 4) is 0 Å². The molecule has 17 heavy (non-hydrogen) atoms. The molecule has 0 aliphatic carbocycles. The molecule has 100 valence electrons. The number of hydrogen-bond donors (Lipinski definition) is 1. The van der Waals surface area contributed by atoms with Crippen LogP contribution in [0.1, 0.15) is 27.2 Å². The van der Waals surface area contributed by atoms with Gasteiger partial charge in [-0.3, -0.25) is 9.69 Å². The van der Waals surface area contributed by atoms with Crippen molar-refractivity contribution in [3.05, 3.63) is 0 Å². The predicted molar refractivity (Wildman–Crippen MR) is 69.4 cm³/mol. The smallest absolute Gasteiger partial charge is 0.237 e. The first-order valence-corrected chi connectivity index (χ1v) is 6.81. The third-order valence-electron chi connectivity index (χ3n) is 2.98. The number of carbonyl (C=O) groups is 1. The van der Waals surface area contributed by atoms with Crippen LogP contribution in [0.2, 0.25) is 0 Å². The molecule has 1 amide bonds. The minimum absolute atomic E-state index is 0.0800. The predicted octanol–water partition coefficient (Wildman–Crippen LogP) is 1.23. The van der Waals surface area contributed by atoms with Crippen molar-refractivity contribution in [3.63, 3.8) is 0 Å². The van der Waals surface area contributed by atoms with E-state index in [0.29, 0.717) is 12.4 Å². The molecule has 1 fully saturated rings. The Morgan fingerprint density at radius 2 is 2.06 bits per heavy atom. The second kappa shape index (κ2) is 7.19. The Morgan fingerprint density at radius 3 is 2.59 bits per heavy atom. The first-order chi connectivity index (χ1) is 8.04. The molecular formula is C12H23ClN2O2. The van der Waals surface area contributed by atoms with Gasteiger partial charge >= 0.3 is 0 Å². The van der Waals surface area contributed by atoms with Gasteiger partial charge in [0.2, 0.25) is 5.91 Å². The first kappa shape index (κ1) is 14.7. The van der Waals surface area contributed by atoms with Gasteiger partial charge < -0.3 is 10.1 Å². The molecular weight excluding hydrogens is 240 g/mol. The van der Waals surface area contributed by atoms with Gasteiger partial charge in [0.15, 0.2) is 0 Å². The van der Waals surface area contributed by atoms with Crippen molar-refractivity contribution in [2.45, 2.75) is 45.4 Å². The number of rotatable bonds is 5. The van der Waals surface area contributed by atoms with Crippen LogP contribution in [-0.4, -0.2) is 54.6 Å². The number of ether oxygens (including phenoxy) is 1. The van der Waals surface area contributed by atoms with Gasteiger partial charge in [0.1, 0.15) is 0 Å². The maximum atomic E-state index is 11.9. The molecule has 0 saturated carbocycles. The zero-order valence-electron chi connectivity index (χ0n) is 10.9. The summed E-state index contributed by atoms with van der Waals surface area (Å²) in [6.07, 6.45) is 1.20. The van der Waals surface area contributed by atoms with Crippen LogP contribution in [0.15, 0.2) is 0 Å². The highest BCUT2D eigenvalue weighted by molar-refractivity contribution is 6.17. The van der Waals surface area contributed by atoms with Crippen molar-refractivity contribution in [1.29, 1.82) is 0 Å². The Hall–Kier alpha value is -0.320. The molecule has 1 rings (SSSR count). The van der Waals surface area contributed by atoms with Gasteiger partial charge in [-0.1, -0.05) is 0 Å². The molecule has 0 unspecified atom stereocenters. The van der Waals surface area contributed by atoms with Crippen LogP contribution in [0.3, 0.4) is 0 Å². The third-order valence-corrected chi connectivity index (χ3v) is 3.25. The van der Waals surface area contributed by atoms with Crippen molar-refractivity contribution in [2.75, 3.05) is 25.5 Å². The average Bonchev–Trinajstić information content (AvgIpc) is 2.27. The SMILES string of the molecule is C[C@@H]1CN([C@@H](C)C(=O)NCCCCl)C[C@H](C)O1. The van der Waals surface area contributed by atoms with Gasteiger partial charge in [-0.15, -0.1) is 11.6 Å². The molecule has 0 aromatic rings. The number of nitrogens with zero attached hydrogens (tertiary/aromatic N) is 1. The highest BCUT2D eigenvalue weighted by atomic mass is 35.5. The van der Waals surface area contributed by atoms with Crippen LogP contribution in [0, 0.1) is 0 Å². The van der Waals surface area contributed by atoms with Gasteiger partial charge in [0.05, 0.1) is 18.2 Å². The standard InChI is InChI=1S/C12H23ClN2O2/c1-9-7-15(8-10(2)17-9)11(3)12(16)14-6-4-5-13/h9-11H,4-8H2,1-3H3,(H,14,16)/t9-,10+,11-/m0/s1. The minimum Gasteiger partial charge on any atom is -0.373 e. The largest absolute Gasteiger partial charge is 0.373 e. The van der Waals surface area contributed by atoms with E-state index in [0.717, 1.165) is 19.5 Å². The Kier molecular flexibility index (Phi) is 6.23. The summed E-state index contributed by atoms with van der Waals surface area (Å²) in [5.41, 5.74) is 0. The Bertz CT molecular complexity index is 241. The number of morpholine rings is 1. The molecule has 0 bridgehead atoms. The van der Waals surface area contributed by atoms with Crippen molar-refractivity contribution in [2.24, 2.45) is 0 Å². The van der Waals surface area contributed by atoms with Gasteiger partial charge in [-0.2, -0.15) is 0 Å². The first-order valence-electron chi connectivity index (χ1n) is 6.27. The molecule has 1 aliphatic heterocycles. The lowest BCUT2D eigenvalue weighted by Crippen LogP contribution is -2.54. The molecule has 0 spiro atoms. The summed E-state index contributed by atoms with van der Waals surface area (Å²) in [7, 11) is 0. The third kappa shape index (κ3) is 4.82. The maximum absolute atomic E-state index is 11.9. The zero-order valence-corrected chi connectivity index (χ0v) is 11.7. The van der Waals surface area contributed by atoms with Crippen LogP contribution in [0.5, 0.6) is 0 Å². The van der Waals surface area contributed by atoms with Crippen molar-refractivity contribution < 1.29 is 9.53 Å². The van der Waals surface area contributed by atoms with Crippen LogP contribution >= 0.6 is 11.6 Å². The van der Waals surface area contributed by atoms with Gasteiger partial charge in [0.25, 0.3) is 0 Å². The maximum Gasteiger partial charge on any atom is 0.237 e. The number of nitrogens with one attached hydrogen (secondary N) is 1. The quantitative estimate of drug-likeness (QED) is 0.599. The molecule has 0 radical (unpaired) electrons. The van der Waals surface area contributed by atoms with Crippen molar-refractivity contribution in [1.82, 2.24) is 10.2 Å². The van der Waals surface area contributed by atoms with Gasteiger partial charge in [-0.05, 0) is 27.2 Å². The van der Waals surface area contributed by atoms with Gasteiger partial charge in [0, 0.05) is 25.5 Å². The summed E-state index contributed by atoms with van der Waals surface area (Å²) < 4.78 is 5.65. The topological polar surface area (TPSA) is 41.6 Å². The molecule has 0 aromatic heterocycles. The highest BCUT2D eigenvalue weighted by Crippen LogP contribution is 2.13. The Morgan fingerprint density at radius 1 is 1.47 bits per heavy atom. The number of halogens is 1. The lowest BCUT2D eigenvalue weighted by Gasteiger charge is -2.38. The molecule has 1 N–H and O–H groups in total. The molecule has 4 nitrogen and oxygen atoms in total. The minimum atomic E-state index is -0.0980. The van der Waals surface area contributed by atoms with Crippen molar-refractivity contribution >= 4 is 17.5 Å². The van der Waals surface area contributed by atoms with Crippen LogP contribution in [0.4, 0.5) is 0 Å².